The highest BCUT2D eigenvalue weighted by molar-refractivity contribution is 7.07. The van der Waals surface area contributed by atoms with Gasteiger partial charge in [0.25, 0.3) is 5.91 Å². The molecular formula is C27H22N8OS. The number of amides is 1. The molecular weight excluding hydrogens is 484 g/mol. The Labute approximate surface area is 216 Å². The molecule has 0 saturated heterocycles. The maximum absolute atomic E-state index is 12.9. The Kier molecular flexibility index (Phi) is 4.62. The molecule has 0 unspecified atom stereocenters. The lowest BCUT2D eigenvalue weighted by molar-refractivity contribution is 0.0905. The SMILES string of the molecule is C#Cc1c(-c2cnc3ccccc3c2)c2c(N)ncnc2n1C12CCC(NC(=O)c3cnns3)(CC1)C2. The lowest BCUT2D eigenvalue weighted by atomic mass is 9.90. The van der Waals surface area contributed by atoms with Crippen LogP contribution in [0.15, 0.2) is 49.1 Å². The van der Waals surface area contributed by atoms with E-state index in [1.165, 1.54) is 12.5 Å². The Balaban J connectivity index is 1.38. The summed E-state index contributed by atoms with van der Waals surface area (Å²) in [5, 5.41) is 8.85. The van der Waals surface area contributed by atoms with Crippen LogP contribution in [0.1, 0.15) is 47.5 Å². The minimum atomic E-state index is -0.313. The van der Waals surface area contributed by atoms with Crippen molar-refractivity contribution in [1.82, 2.24) is 34.4 Å². The lowest BCUT2D eigenvalue weighted by Gasteiger charge is -2.30. The number of aromatic nitrogens is 6. The van der Waals surface area contributed by atoms with Crippen molar-refractivity contribution in [2.45, 2.75) is 43.2 Å². The van der Waals surface area contributed by atoms with Crippen LogP contribution in [0, 0.1) is 12.3 Å². The lowest BCUT2D eigenvalue weighted by Crippen LogP contribution is -2.44. The third-order valence-corrected chi connectivity index (χ3v) is 8.70. The van der Waals surface area contributed by atoms with Crippen molar-refractivity contribution in [3.63, 3.8) is 0 Å². The highest BCUT2D eigenvalue weighted by Gasteiger charge is 2.57. The summed E-state index contributed by atoms with van der Waals surface area (Å²) < 4.78 is 6.02. The third kappa shape index (κ3) is 3.17. The second-order valence-electron chi connectivity index (χ2n) is 9.99. The second kappa shape index (κ2) is 7.82. The van der Waals surface area contributed by atoms with Gasteiger partial charge in [0.1, 0.15) is 28.4 Å². The topological polar surface area (TPSA) is 124 Å². The van der Waals surface area contributed by atoms with Gasteiger partial charge in [-0.3, -0.25) is 9.78 Å². The van der Waals surface area contributed by atoms with Gasteiger partial charge in [0, 0.05) is 33.8 Å². The van der Waals surface area contributed by atoms with E-state index in [-0.39, 0.29) is 17.0 Å². The standard InChI is InChI=1S/C27H22N8OS/c1-2-19-21(17-11-16-5-3-4-6-18(16)29-12-17)22-23(28)30-15-31-24(22)35(19)27-9-7-26(14-27,8-10-27)33-25(36)20-13-32-34-37-20/h1,3-6,11-13,15H,7-10,14H2,(H,33,36)(H2,28,30,31). The monoisotopic (exact) mass is 506 g/mol. The summed E-state index contributed by atoms with van der Waals surface area (Å²) in [5.74, 6) is 3.22. The van der Waals surface area contributed by atoms with Gasteiger partial charge < -0.3 is 15.6 Å². The summed E-state index contributed by atoms with van der Waals surface area (Å²) >= 11 is 1.10. The van der Waals surface area contributed by atoms with Crippen molar-refractivity contribution in [2.75, 3.05) is 5.73 Å². The molecule has 182 valence electrons. The van der Waals surface area contributed by atoms with Crippen LogP contribution in [-0.2, 0) is 5.54 Å². The molecule has 2 fully saturated rings. The van der Waals surface area contributed by atoms with E-state index in [9.17, 15) is 4.79 Å². The number of carbonyl (C=O) groups excluding carboxylic acids is 1. The first-order valence-electron chi connectivity index (χ1n) is 12.1. The first-order valence-corrected chi connectivity index (χ1v) is 12.9. The van der Waals surface area contributed by atoms with Gasteiger partial charge in [-0.05, 0) is 55.8 Å². The number of nitrogens with one attached hydrogen (secondary N) is 1. The fourth-order valence-electron chi connectivity index (χ4n) is 6.44. The molecule has 2 aliphatic rings. The molecule has 7 rings (SSSR count). The number of para-hydroxylation sites is 1. The molecule has 4 aromatic heterocycles. The quantitative estimate of drug-likeness (QED) is 0.354. The Bertz CT molecular complexity index is 1740. The van der Waals surface area contributed by atoms with E-state index in [4.69, 9.17) is 17.1 Å². The molecule has 10 heteroatoms. The number of hydrogen-bond donors (Lipinski definition) is 2. The molecule has 37 heavy (non-hydrogen) atoms. The van der Waals surface area contributed by atoms with Crippen molar-refractivity contribution in [2.24, 2.45) is 0 Å². The van der Waals surface area contributed by atoms with Crippen molar-refractivity contribution < 1.29 is 4.79 Å². The van der Waals surface area contributed by atoms with Crippen molar-refractivity contribution in [1.29, 1.82) is 0 Å². The van der Waals surface area contributed by atoms with Crippen LogP contribution in [0.25, 0.3) is 33.1 Å². The van der Waals surface area contributed by atoms with Gasteiger partial charge in [0.2, 0.25) is 0 Å². The first-order chi connectivity index (χ1) is 18.0. The number of anilines is 1. The highest BCUT2D eigenvalue weighted by Crippen LogP contribution is 2.57. The van der Waals surface area contributed by atoms with Gasteiger partial charge in [-0.15, -0.1) is 11.5 Å². The van der Waals surface area contributed by atoms with E-state index in [0.29, 0.717) is 10.7 Å². The number of nitrogens with two attached hydrogens (primary N) is 1. The Morgan fingerprint density at radius 2 is 1.97 bits per heavy atom. The zero-order valence-electron chi connectivity index (χ0n) is 19.8. The number of terminal acetylenes is 1. The van der Waals surface area contributed by atoms with Crippen LogP contribution < -0.4 is 11.1 Å². The van der Waals surface area contributed by atoms with Crippen LogP contribution in [0.3, 0.4) is 0 Å². The zero-order chi connectivity index (χ0) is 25.2. The summed E-state index contributed by atoms with van der Waals surface area (Å²) in [6.45, 7) is 0. The zero-order valence-corrected chi connectivity index (χ0v) is 20.6. The van der Waals surface area contributed by atoms with Gasteiger partial charge in [0.05, 0.1) is 17.1 Å². The fourth-order valence-corrected chi connectivity index (χ4v) is 6.85. The summed E-state index contributed by atoms with van der Waals surface area (Å²) in [6.07, 6.45) is 15.3. The first kappa shape index (κ1) is 21.9. The Morgan fingerprint density at radius 1 is 1.14 bits per heavy atom. The number of pyridine rings is 1. The van der Waals surface area contributed by atoms with E-state index in [2.05, 4.69) is 41.4 Å². The van der Waals surface area contributed by atoms with Gasteiger partial charge in [-0.1, -0.05) is 28.6 Å². The molecule has 0 aliphatic heterocycles. The van der Waals surface area contributed by atoms with Gasteiger partial charge >= 0.3 is 0 Å². The van der Waals surface area contributed by atoms with Crippen LogP contribution in [0.5, 0.6) is 0 Å². The average Bonchev–Trinajstić information content (AvgIpc) is 3.70. The van der Waals surface area contributed by atoms with Gasteiger partial charge in [0.15, 0.2) is 0 Å². The molecule has 0 radical (unpaired) electrons. The summed E-state index contributed by atoms with van der Waals surface area (Å²) in [4.78, 5) is 27.1. The van der Waals surface area contributed by atoms with E-state index in [0.717, 1.165) is 82.4 Å². The van der Waals surface area contributed by atoms with Crippen molar-refractivity contribution in [3.8, 4) is 23.5 Å². The fraction of sp³-hybridized carbons (Fsp3) is 0.259. The molecule has 2 saturated carbocycles. The smallest absolute Gasteiger partial charge is 0.265 e. The van der Waals surface area contributed by atoms with Crippen molar-refractivity contribution >= 4 is 45.2 Å². The molecule has 9 nitrogen and oxygen atoms in total. The van der Waals surface area contributed by atoms with Gasteiger partial charge in [-0.2, -0.15) is 0 Å². The normalized spacial score (nSPS) is 22.5. The molecule has 5 aromatic rings. The Hall–Kier alpha value is -4.36. The van der Waals surface area contributed by atoms with Gasteiger partial charge in [-0.25, -0.2) is 9.97 Å². The van der Waals surface area contributed by atoms with E-state index in [1.54, 1.807) is 0 Å². The third-order valence-electron chi connectivity index (χ3n) is 8.04. The second-order valence-corrected chi connectivity index (χ2v) is 10.8. The number of fused-ring (bicyclic) bond motifs is 4. The molecule has 0 spiro atoms. The molecule has 2 aliphatic carbocycles. The van der Waals surface area contributed by atoms with Crippen LogP contribution in [0.2, 0.25) is 0 Å². The minimum Gasteiger partial charge on any atom is -0.383 e. The number of carbonyl (C=O) groups is 1. The number of benzene rings is 1. The minimum absolute atomic E-state index is 0.128. The predicted molar refractivity (Wildman–Crippen MR) is 142 cm³/mol. The largest absolute Gasteiger partial charge is 0.383 e. The summed E-state index contributed by atoms with van der Waals surface area (Å²) in [5.41, 5.74) is 9.91. The predicted octanol–water partition coefficient (Wildman–Crippen LogP) is 3.90. The number of rotatable bonds is 4. The number of nitrogens with zero attached hydrogens (tertiary/aromatic N) is 6. The number of hydrogen-bond acceptors (Lipinski definition) is 8. The Morgan fingerprint density at radius 3 is 2.76 bits per heavy atom. The van der Waals surface area contributed by atoms with Crippen LogP contribution in [0.4, 0.5) is 5.82 Å². The molecule has 1 aromatic carbocycles. The number of nitrogen functional groups attached to an aromatic ring is 1. The molecule has 1 amide bonds. The molecule has 3 N–H and O–H groups in total. The van der Waals surface area contributed by atoms with Crippen LogP contribution >= 0.6 is 11.5 Å². The average molecular weight is 507 g/mol. The van der Waals surface area contributed by atoms with E-state index in [1.807, 2.05) is 30.5 Å². The molecule has 4 heterocycles. The summed E-state index contributed by atoms with van der Waals surface area (Å²) in [7, 11) is 0. The summed E-state index contributed by atoms with van der Waals surface area (Å²) in [6, 6.07) is 10.1. The molecule has 0 atom stereocenters. The maximum Gasteiger partial charge on any atom is 0.265 e. The van der Waals surface area contributed by atoms with E-state index >= 15 is 0 Å². The van der Waals surface area contributed by atoms with Crippen LogP contribution in [-0.4, -0.2) is 40.6 Å². The van der Waals surface area contributed by atoms with E-state index < -0.39 is 0 Å². The molecule has 2 bridgehead atoms. The maximum atomic E-state index is 12.9. The van der Waals surface area contributed by atoms with Crippen molar-refractivity contribution in [3.05, 3.63) is 59.6 Å². The highest BCUT2D eigenvalue weighted by atomic mass is 32.1.